The van der Waals surface area contributed by atoms with Crippen molar-refractivity contribution < 1.29 is 32.3 Å². The summed E-state index contributed by atoms with van der Waals surface area (Å²) in [6.45, 7) is 1.92. The molecule has 3 atom stereocenters. The number of morpholine rings is 1. The Hall–Kier alpha value is -3.86. The van der Waals surface area contributed by atoms with Crippen molar-refractivity contribution in [2.75, 3.05) is 19.8 Å². The Morgan fingerprint density at radius 2 is 1.87 bits per heavy atom. The van der Waals surface area contributed by atoms with Gasteiger partial charge in [0.25, 0.3) is 11.8 Å². The van der Waals surface area contributed by atoms with Crippen molar-refractivity contribution in [3.8, 4) is 0 Å². The molecular weight excluding hydrogens is 510 g/mol. The highest BCUT2D eigenvalue weighted by Crippen LogP contribution is 2.32. The number of oxazole rings is 1. The molecule has 3 aromatic rings. The minimum atomic E-state index is -3.30. The summed E-state index contributed by atoms with van der Waals surface area (Å²) in [5.74, 6) is -6.24. The fourth-order valence-electron chi connectivity index (χ4n) is 4.88. The van der Waals surface area contributed by atoms with Crippen molar-refractivity contribution in [1.82, 2.24) is 15.2 Å². The largest absolute Gasteiger partial charge is 0.434 e. The number of ketones is 1. The summed E-state index contributed by atoms with van der Waals surface area (Å²) in [7, 11) is 0. The monoisotopic (exact) mass is 542 g/mol. The molecule has 0 saturated carbocycles. The number of carbonyl (C=O) groups is 3. The van der Waals surface area contributed by atoms with E-state index in [4.69, 9.17) is 14.9 Å². The molecule has 1 aliphatic rings. The predicted molar refractivity (Wildman–Crippen MR) is 139 cm³/mol. The van der Waals surface area contributed by atoms with Gasteiger partial charge in [-0.15, -0.1) is 0 Å². The molecule has 208 valence electrons. The Morgan fingerprint density at radius 3 is 2.56 bits per heavy atom. The number of halogens is 2. The molecule has 9 nitrogen and oxygen atoms in total. The fourth-order valence-corrected chi connectivity index (χ4v) is 4.88. The summed E-state index contributed by atoms with van der Waals surface area (Å²) in [5.41, 5.74) is 6.83. The van der Waals surface area contributed by atoms with Crippen molar-refractivity contribution in [2.45, 2.75) is 50.6 Å². The van der Waals surface area contributed by atoms with Crippen LogP contribution in [0.1, 0.15) is 42.4 Å². The van der Waals surface area contributed by atoms with E-state index in [1.807, 2.05) is 6.92 Å². The summed E-state index contributed by atoms with van der Waals surface area (Å²) in [6.07, 6.45) is -0.716. The Labute approximate surface area is 224 Å². The first-order valence-electron chi connectivity index (χ1n) is 12.9. The molecule has 0 bridgehead atoms. The minimum absolute atomic E-state index is 0.0638. The number of alkyl halides is 2. The van der Waals surface area contributed by atoms with Gasteiger partial charge in [0.1, 0.15) is 5.52 Å². The van der Waals surface area contributed by atoms with Crippen molar-refractivity contribution >= 4 is 28.8 Å². The number of aromatic nitrogens is 1. The normalized spacial score (nSPS) is 17.5. The van der Waals surface area contributed by atoms with E-state index in [1.54, 1.807) is 54.6 Å². The molecule has 3 amide bonds. The number of nitrogens with one attached hydrogen (secondary N) is 1. The van der Waals surface area contributed by atoms with Crippen LogP contribution in [-0.4, -0.2) is 65.4 Å². The molecule has 0 aliphatic carbocycles. The van der Waals surface area contributed by atoms with Crippen LogP contribution >= 0.6 is 0 Å². The molecule has 39 heavy (non-hydrogen) atoms. The van der Waals surface area contributed by atoms with Crippen molar-refractivity contribution in [1.29, 1.82) is 0 Å². The van der Waals surface area contributed by atoms with E-state index < -0.39 is 54.5 Å². The molecule has 1 fully saturated rings. The summed E-state index contributed by atoms with van der Waals surface area (Å²) in [5, 5.41) is 2.65. The lowest BCUT2D eigenvalue weighted by molar-refractivity contribution is -0.135. The number of primary amides is 1. The number of urea groups is 1. The van der Waals surface area contributed by atoms with Gasteiger partial charge in [0.15, 0.2) is 5.58 Å². The first-order valence-corrected chi connectivity index (χ1v) is 12.9. The molecule has 1 aromatic heterocycles. The third-order valence-electron chi connectivity index (χ3n) is 6.79. The van der Waals surface area contributed by atoms with Gasteiger partial charge in [-0.3, -0.25) is 9.59 Å². The zero-order valence-corrected chi connectivity index (χ0v) is 21.6. The molecule has 1 unspecified atom stereocenters. The average molecular weight is 543 g/mol. The van der Waals surface area contributed by atoms with Crippen LogP contribution in [0.15, 0.2) is 59.0 Å². The molecule has 0 spiro atoms. The van der Waals surface area contributed by atoms with Crippen LogP contribution < -0.4 is 11.1 Å². The van der Waals surface area contributed by atoms with Gasteiger partial charge in [0.2, 0.25) is 11.7 Å². The summed E-state index contributed by atoms with van der Waals surface area (Å²) < 4.78 is 41.8. The Bertz CT molecular complexity index is 1270. The topological polar surface area (TPSA) is 128 Å². The van der Waals surface area contributed by atoms with Gasteiger partial charge in [0.05, 0.1) is 31.2 Å². The maximum atomic E-state index is 15.4. The van der Waals surface area contributed by atoms with Crippen molar-refractivity contribution in [2.24, 2.45) is 11.7 Å². The van der Waals surface area contributed by atoms with E-state index in [0.717, 1.165) is 0 Å². The number of ether oxygens (including phenoxy) is 1. The van der Waals surface area contributed by atoms with E-state index in [-0.39, 0.29) is 32.1 Å². The first kappa shape index (κ1) is 28.2. The lowest BCUT2D eigenvalue weighted by Crippen LogP contribution is -2.58. The third kappa shape index (κ3) is 6.97. The van der Waals surface area contributed by atoms with Gasteiger partial charge < -0.3 is 25.1 Å². The van der Waals surface area contributed by atoms with Crippen LogP contribution in [0.2, 0.25) is 0 Å². The lowest BCUT2D eigenvalue weighted by Gasteiger charge is -2.39. The Morgan fingerprint density at radius 1 is 1.15 bits per heavy atom. The van der Waals surface area contributed by atoms with Crippen LogP contribution in [0.5, 0.6) is 0 Å². The molecule has 1 saturated heterocycles. The molecule has 4 rings (SSSR count). The van der Waals surface area contributed by atoms with Gasteiger partial charge in [0, 0.05) is 19.4 Å². The Balaban J connectivity index is 1.60. The number of nitrogens with two attached hydrogens (primary N) is 1. The number of amides is 3. The minimum Gasteiger partial charge on any atom is -0.434 e. The maximum absolute atomic E-state index is 15.4. The lowest BCUT2D eigenvalue weighted by atomic mass is 9.88. The number of benzene rings is 2. The zero-order chi connectivity index (χ0) is 28.0. The second kappa shape index (κ2) is 12.3. The molecule has 3 N–H and O–H groups in total. The van der Waals surface area contributed by atoms with Gasteiger partial charge in [-0.05, 0) is 24.1 Å². The van der Waals surface area contributed by atoms with Gasteiger partial charge in [-0.25, -0.2) is 18.6 Å². The van der Waals surface area contributed by atoms with E-state index in [9.17, 15) is 14.4 Å². The van der Waals surface area contributed by atoms with Crippen LogP contribution in [0.25, 0.3) is 11.1 Å². The predicted octanol–water partition coefficient (Wildman–Crippen LogP) is 3.96. The fraction of sp³-hybridized carbons (Fsp3) is 0.429. The van der Waals surface area contributed by atoms with Crippen LogP contribution in [0.3, 0.4) is 0 Å². The Kier molecular flexibility index (Phi) is 8.90. The molecular formula is C28H32F2N4O5. The molecule has 2 heterocycles. The average Bonchev–Trinajstić information content (AvgIpc) is 3.36. The quantitative estimate of drug-likeness (QED) is 0.353. The number of hydrogen-bond acceptors (Lipinski definition) is 6. The molecule has 0 radical (unpaired) electrons. The second-order valence-corrected chi connectivity index (χ2v) is 9.70. The first-order chi connectivity index (χ1) is 18.7. The second-order valence-electron chi connectivity index (χ2n) is 9.70. The van der Waals surface area contributed by atoms with Crippen LogP contribution in [0, 0.1) is 5.92 Å². The SMILES string of the molecule is CCC[C@H](NC(=O)[C@@H](CC(F)(F)Cc1ccccc1)C1COCCN1C(N)=O)C(=O)c1nc2ccccc2o1. The van der Waals surface area contributed by atoms with E-state index in [1.165, 1.54) is 4.90 Å². The highest BCUT2D eigenvalue weighted by Gasteiger charge is 2.44. The number of hydrogen-bond donors (Lipinski definition) is 2. The number of rotatable bonds is 11. The van der Waals surface area contributed by atoms with E-state index >= 15 is 8.78 Å². The van der Waals surface area contributed by atoms with E-state index in [2.05, 4.69) is 10.3 Å². The highest BCUT2D eigenvalue weighted by atomic mass is 19.3. The summed E-state index contributed by atoms with van der Waals surface area (Å²) in [6, 6.07) is 12.1. The number of para-hydroxylation sites is 2. The van der Waals surface area contributed by atoms with Crippen molar-refractivity contribution in [3.63, 3.8) is 0 Å². The standard InChI is InChI=1S/C28H32F2N4O5/c1-2-8-21(24(35)26-33-20-11-6-7-12-23(20)39-26)32-25(36)19(22-17-38-14-13-34(22)27(31)37)16-28(29,30)15-18-9-4-3-5-10-18/h3-7,9-12,19,21-22H,2,8,13-17H2,1H3,(H2,31,37)(H,32,36)/t19-,21-,22?/m0/s1. The molecule has 1 aliphatic heterocycles. The van der Waals surface area contributed by atoms with E-state index in [0.29, 0.717) is 23.1 Å². The van der Waals surface area contributed by atoms with Gasteiger partial charge in [-0.1, -0.05) is 55.8 Å². The number of Topliss-reactive ketones (excluding diaryl/α,β-unsaturated/α-hetero) is 1. The number of fused-ring (bicyclic) bond motifs is 1. The van der Waals surface area contributed by atoms with Gasteiger partial charge >= 0.3 is 6.03 Å². The smallest absolute Gasteiger partial charge is 0.315 e. The molecule has 2 aromatic carbocycles. The number of nitrogens with zero attached hydrogens (tertiary/aromatic N) is 2. The van der Waals surface area contributed by atoms with Crippen LogP contribution in [-0.2, 0) is 16.0 Å². The molecule has 11 heteroatoms. The third-order valence-corrected chi connectivity index (χ3v) is 6.79. The zero-order valence-electron chi connectivity index (χ0n) is 21.6. The van der Waals surface area contributed by atoms with Crippen LogP contribution in [0.4, 0.5) is 13.6 Å². The van der Waals surface area contributed by atoms with Crippen molar-refractivity contribution in [3.05, 3.63) is 66.1 Å². The summed E-state index contributed by atoms with van der Waals surface area (Å²) in [4.78, 5) is 44.5. The summed E-state index contributed by atoms with van der Waals surface area (Å²) >= 11 is 0. The highest BCUT2D eigenvalue weighted by molar-refractivity contribution is 6.00. The number of carbonyl (C=O) groups excluding carboxylic acids is 3. The maximum Gasteiger partial charge on any atom is 0.315 e. The van der Waals surface area contributed by atoms with Gasteiger partial charge in [-0.2, -0.15) is 0 Å².